The van der Waals surface area contributed by atoms with Gasteiger partial charge in [0, 0.05) is 18.5 Å². The summed E-state index contributed by atoms with van der Waals surface area (Å²) in [6.45, 7) is 0.888. The van der Waals surface area contributed by atoms with E-state index in [1.54, 1.807) is 10.9 Å². The van der Waals surface area contributed by atoms with E-state index in [9.17, 15) is 9.90 Å². The van der Waals surface area contributed by atoms with E-state index in [-0.39, 0.29) is 12.5 Å². The Balaban J connectivity index is 1.82. The molecule has 1 aromatic rings. The Morgan fingerprint density at radius 2 is 2.24 bits per heavy atom. The molecule has 2 N–H and O–H groups in total. The van der Waals surface area contributed by atoms with Gasteiger partial charge in [-0.3, -0.25) is 4.79 Å². The van der Waals surface area contributed by atoms with Gasteiger partial charge >= 0.3 is 0 Å². The number of aliphatic hydroxyl groups excluding tert-OH is 1. The van der Waals surface area contributed by atoms with Crippen LogP contribution in [0.25, 0.3) is 0 Å². The molecule has 1 saturated carbocycles. The molecule has 0 aromatic carbocycles. The van der Waals surface area contributed by atoms with Gasteiger partial charge in [-0.25, -0.2) is 4.98 Å². The van der Waals surface area contributed by atoms with Crippen molar-refractivity contribution in [3.63, 3.8) is 0 Å². The van der Waals surface area contributed by atoms with Crippen molar-refractivity contribution in [3.05, 3.63) is 16.6 Å². The molecule has 0 bridgehead atoms. The first-order chi connectivity index (χ1) is 8.31. The number of hydrogen-bond donors (Lipinski definition) is 2. The van der Waals surface area contributed by atoms with E-state index >= 15 is 0 Å². The van der Waals surface area contributed by atoms with Crippen LogP contribution in [0.2, 0.25) is 0 Å². The molecule has 1 aromatic heterocycles. The number of amides is 1. The Bertz CT molecular complexity index is 353. The Morgan fingerprint density at radius 3 is 2.88 bits per heavy atom. The third-order valence-corrected chi connectivity index (χ3v) is 4.08. The van der Waals surface area contributed by atoms with Crippen LogP contribution in [0.15, 0.2) is 10.9 Å². The van der Waals surface area contributed by atoms with Crippen LogP contribution in [-0.2, 0) is 0 Å². The average molecular weight is 254 g/mol. The van der Waals surface area contributed by atoms with Gasteiger partial charge in [0.25, 0.3) is 5.91 Å². The highest BCUT2D eigenvalue weighted by molar-refractivity contribution is 7.07. The molecule has 0 spiro atoms. The maximum absolute atomic E-state index is 11.7. The van der Waals surface area contributed by atoms with Crippen molar-refractivity contribution < 1.29 is 9.90 Å². The summed E-state index contributed by atoms with van der Waals surface area (Å²) in [5.74, 6) is 0.657. The molecule has 94 valence electrons. The van der Waals surface area contributed by atoms with Crippen LogP contribution in [0.4, 0.5) is 0 Å². The molecule has 17 heavy (non-hydrogen) atoms. The number of thiazole rings is 1. The number of carbonyl (C=O) groups excluding carboxylic acids is 1. The Labute approximate surface area is 105 Å². The van der Waals surface area contributed by atoms with Crippen LogP contribution in [0.3, 0.4) is 0 Å². The van der Waals surface area contributed by atoms with Gasteiger partial charge < -0.3 is 10.4 Å². The van der Waals surface area contributed by atoms with Gasteiger partial charge in [0.05, 0.1) is 5.51 Å². The van der Waals surface area contributed by atoms with Crippen LogP contribution in [0.1, 0.15) is 36.2 Å². The number of hydrogen-bond acceptors (Lipinski definition) is 4. The fourth-order valence-corrected chi connectivity index (χ4v) is 2.96. The molecule has 2 atom stereocenters. The zero-order chi connectivity index (χ0) is 12.1. The highest BCUT2D eigenvalue weighted by atomic mass is 32.1. The highest BCUT2D eigenvalue weighted by Gasteiger charge is 2.24. The van der Waals surface area contributed by atoms with Crippen LogP contribution in [0, 0.1) is 11.8 Å². The number of rotatable bonds is 4. The van der Waals surface area contributed by atoms with Gasteiger partial charge in [-0.2, -0.15) is 0 Å². The molecule has 0 aliphatic heterocycles. The predicted octanol–water partition coefficient (Wildman–Crippen LogP) is 1.67. The summed E-state index contributed by atoms with van der Waals surface area (Å²) in [6, 6.07) is 0. The third-order valence-electron chi connectivity index (χ3n) is 3.49. The van der Waals surface area contributed by atoms with Crippen molar-refractivity contribution in [2.24, 2.45) is 11.8 Å². The second kappa shape index (κ2) is 6.12. The zero-order valence-corrected chi connectivity index (χ0v) is 10.6. The van der Waals surface area contributed by atoms with Gasteiger partial charge in [0.1, 0.15) is 5.69 Å². The molecule has 0 saturated heterocycles. The van der Waals surface area contributed by atoms with E-state index in [0.717, 1.165) is 12.8 Å². The van der Waals surface area contributed by atoms with E-state index in [0.29, 0.717) is 24.1 Å². The number of aliphatic hydroxyl groups is 1. The van der Waals surface area contributed by atoms with E-state index < -0.39 is 0 Å². The minimum absolute atomic E-state index is 0.103. The number of carbonyl (C=O) groups is 1. The lowest BCUT2D eigenvalue weighted by atomic mass is 9.79. The molecule has 2 rings (SSSR count). The maximum atomic E-state index is 11.7. The van der Waals surface area contributed by atoms with Crippen molar-refractivity contribution in [2.75, 3.05) is 13.2 Å². The molecule has 1 aliphatic rings. The summed E-state index contributed by atoms with van der Waals surface area (Å²) in [6.07, 6.45) is 4.58. The summed E-state index contributed by atoms with van der Waals surface area (Å²) in [7, 11) is 0. The topological polar surface area (TPSA) is 62.2 Å². The first-order valence-corrected chi connectivity index (χ1v) is 7.02. The van der Waals surface area contributed by atoms with E-state index in [1.165, 1.54) is 24.2 Å². The molecule has 1 aliphatic carbocycles. The standard InChI is InChI=1S/C12H18N2O2S/c15-6-10-4-2-1-3-9(10)5-13-12(16)11-7-17-8-14-11/h7-10,15H,1-6H2,(H,13,16). The molecule has 4 nitrogen and oxygen atoms in total. The fraction of sp³-hybridized carbons (Fsp3) is 0.667. The third kappa shape index (κ3) is 3.26. The molecule has 1 fully saturated rings. The number of nitrogens with one attached hydrogen (secondary N) is 1. The molecule has 1 amide bonds. The van der Waals surface area contributed by atoms with Gasteiger partial charge in [-0.15, -0.1) is 11.3 Å². The fourth-order valence-electron chi connectivity index (χ4n) is 2.43. The largest absolute Gasteiger partial charge is 0.396 e. The van der Waals surface area contributed by atoms with E-state index in [1.807, 2.05) is 0 Å². The van der Waals surface area contributed by atoms with Crippen LogP contribution in [0.5, 0.6) is 0 Å². The molecular weight excluding hydrogens is 236 g/mol. The Morgan fingerprint density at radius 1 is 1.47 bits per heavy atom. The Hall–Kier alpha value is -0.940. The van der Waals surface area contributed by atoms with Crippen LogP contribution in [-0.4, -0.2) is 29.1 Å². The van der Waals surface area contributed by atoms with Gasteiger partial charge in [-0.1, -0.05) is 12.8 Å². The van der Waals surface area contributed by atoms with Crippen molar-refractivity contribution in [3.8, 4) is 0 Å². The van der Waals surface area contributed by atoms with Gasteiger partial charge in [-0.05, 0) is 24.7 Å². The van der Waals surface area contributed by atoms with E-state index in [4.69, 9.17) is 0 Å². The zero-order valence-electron chi connectivity index (χ0n) is 9.76. The number of aromatic nitrogens is 1. The van der Waals surface area contributed by atoms with Crippen molar-refractivity contribution >= 4 is 17.2 Å². The highest BCUT2D eigenvalue weighted by Crippen LogP contribution is 2.29. The summed E-state index contributed by atoms with van der Waals surface area (Å²) in [5, 5.41) is 14.0. The normalized spacial score (nSPS) is 24.5. The summed E-state index contributed by atoms with van der Waals surface area (Å²) in [4.78, 5) is 15.7. The summed E-state index contributed by atoms with van der Waals surface area (Å²) >= 11 is 1.42. The molecule has 2 unspecified atom stereocenters. The first-order valence-electron chi connectivity index (χ1n) is 6.08. The second-order valence-electron chi connectivity index (χ2n) is 4.57. The SMILES string of the molecule is O=C(NCC1CCCCC1CO)c1cscn1. The molecule has 5 heteroatoms. The quantitative estimate of drug-likeness (QED) is 0.859. The van der Waals surface area contributed by atoms with Gasteiger partial charge in [0.2, 0.25) is 0 Å². The smallest absolute Gasteiger partial charge is 0.270 e. The van der Waals surface area contributed by atoms with E-state index in [2.05, 4.69) is 10.3 Å². The lowest BCUT2D eigenvalue weighted by Gasteiger charge is -2.30. The summed E-state index contributed by atoms with van der Waals surface area (Å²) < 4.78 is 0. The lowest BCUT2D eigenvalue weighted by Crippen LogP contribution is -2.35. The van der Waals surface area contributed by atoms with Crippen LogP contribution >= 0.6 is 11.3 Å². The average Bonchev–Trinajstić information content (AvgIpc) is 2.90. The maximum Gasteiger partial charge on any atom is 0.270 e. The molecule has 1 heterocycles. The van der Waals surface area contributed by atoms with Crippen molar-refractivity contribution in [1.29, 1.82) is 0 Å². The number of nitrogens with zero attached hydrogens (tertiary/aromatic N) is 1. The molecule has 0 radical (unpaired) electrons. The van der Waals surface area contributed by atoms with Crippen molar-refractivity contribution in [2.45, 2.75) is 25.7 Å². The lowest BCUT2D eigenvalue weighted by molar-refractivity contribution is 0.0905. The molecular formula is C12H18N2O2S. The minimum Gasteiger partial charge on any atom is -0.396 e. The van der Waals surface area contributed by atoms with Crippen molar-refractivity contribution in [1.82, 2.24) is 10.3 Å². The van der Waals surface area contributed by atoms with Gasteiger partial charge in [0.15, 0.2) is 0 Å². The summed E-state index contributed by atoms with van der Waals surface area (Å²) in [5.41, 5.74) is 2.15. The van der Waals surface area contributed by atoms with Crippen LogP contribution < -0.4 is 5.32 Å². The minimum atomic E-state index is -0.103. The monoisotopic (exact) mass is 254 g/mol. The predicted molar refractivity (Wildman–Crippen MR) is 67.0 cm³/mol. The first kappa shape index (κ1) is 12.5. The Kier molecular flexibility index (Phi) is 4.50. The second-order valence-corrected chi connectivity index (χ2v) is 5.29.